The van der Waals surface area contributed by atoms with Crippen LogP contribution in [0.25, 0.3) is 0 Å². The van der Waals surface area contributed by atoms with Gasteiger partial charge in [-0.3, -0.25) is 9.79 Å². The van der Waals surface area contributed by atoms with Gasteiger partial charge in [-0.05, 0) is 42.5 Å². The first-order valence-electron chi connectivity index (χ1n) is 11.6. The second kappa shape index (κ2) is 10.0. The Morgan fingerprint density at radius 2 is 2.00 bits per heavy atom. The summed E-state index contributed by atoms with van der Waals surface area (Å²) in [6.07, 6.45) is 1.19. The number of rotatable bonds is 6. The molecule has 0 aliphatic carbocycles. The van der Waals surface area contributed by atoms with Crippen LogP contribution in [0.3, 0.4) is 0 Å². The average Bonchev–Trinajstić information content (AvgIpc) is 3.22. The molecule has 0 spiro atoms. The van der Waals surface area contributed by atoms with E-state index in [1.54, 1.807) is 7.05 Å². The van der Waals surface area contributed by atoms with Crippen LogP contribution in [0, 0.1) is 11.7 Å². The number of benzene rings is 2. The molecule has 0 bridgehead atoms. The number of amides is 1. The number of nitrogens with one attached hydrogen (secondary N) is 1. The fraction of sp³-hybridized carbons (Fsp3) is 0.462. The number of aliphatic hydroxyl groups excluding tert-OH is 1. The topological polar surface area (TPSA) is 83.4 Å². The quantitative estimate of drug-likeness (QED) is 0.680. The molecule has 7 nitrogen and oxygen atoms in total. The Bertz CT molecular complexity index is 1090. The van der Waals surface area contributed by atoms with Gasteiger partial charge in [0.05, 0.1) is 32.1 Å². The normalized spacial score (nSPS) is 22.0. The molecule has 3 unspecified atom stereocenters. The predicted octanol–water partition coefficient (Wildman–Crippen LogP) is 2.95. The highest BCUT2D eigenvalue weighted by atomic mass is 19.1. The molecule has 0 radical (unpaired) electrons. The number of carbonyl (C=O) groups excluding carboxylic acids is 1. The van der Waals surface area contributed by atoms with Crippen LogP contribution in [-0.4, -0.2) is 63.2 Å². The summed E-state index contributed by atoms with van der Waals surface area (Å²) in [7, 11) is 4.50. The van der Waals surface area contributed by atoms with Crippen LogP contribution in [0.5, 0.6) is 11.5 Å². The number of hydrogen-bond acceptors (Lipinski definition) is 6. The molecule has 8 heteroatoms. The highest BCUT2D eigenvalue weighted by Crippen LogP contribution is 2.39. The Morgan fingerprint density at radius 1 is 1.26 bits per heavy atom. The Balaban J connectivity index is 1.83. The Kier molecular flexibility index (Phi) is 7.07. The van der Waals surface area contributed by atoms with Crippen LogP contribution in [-0.2, 0) is 11.2 Å². The highest BCUT2D eigenvalue weighted by Gasteiger charge is 2.32. The van der Waals surface area contributed by atoms with Gasteiger partial charge in [0.15, 0.2) is 17.3 Å². The molecule has 2 aromatic carbocycles. The van der Waals surface area contributed by atoms with E-state index in [4.69, 9.17) is 14.5 Å². The van der Waals surface area contributed by atoms with E-state index in [1.165, 1.54) is 14.2 Å². The second-order valence-electron chi connectivity index (χ2n) is 9.00. The molecule has 0 aromatic heterocycles. The van der Waals surface area contributed by atoms with E-state index in [0.29, 0.717) is 30.0 Å². The van der Waals surface area contributed by atoms with Gasteiger partial charge in [0.2, 0.25) is 5.91 Å². The van der Waals surface area contributed by atoms with Gasteiger partial charge in [-0.25, -0.2) is 4.39 Å². The summed E-state index contributed by atoms with van der Waals surface area (Å²) >= 11 is 0. The molecule has 2 aromatic rings. The molecule has 2 aliphatic heterocycles. The number of aliphatic hydroxyl groups is 1. The molecule has 4 rings (SSSR count). The molecule has 34 heavy (non-hydrogen) atoms. The zero-order chi connectivity index (χ0) is 24.4. The predicted molar refractivity (Wildman–Crippen MR) is 130 cm³/mol. The Labute approximate surface area is 199 Å². The maximum atomic E-state index is 15.9. The largest absolute Gasteiger partial charge is 0.493 e. The molecule has 3 atom stereocenters. The van der Waals surface area contributed by atoms with Crippen molar-refractivity contribution >= 4 is 17.3 Å². The van der Waals surface area contributed by atoms with Crippen molar-refractivity contribution in [2.75, 3.05) is 39.3 Å². The molecule has 0 saturated carbocycles. The highest BCUT2D eigenvalue weighted by molar-refractivity contribution is 6.14. The number of methoxy groups -OCH3 is 2. The van der Waals surface area contributed by atoms with E-state index in [-0.39, 0.29) is 36.1 Å². The fourth-order valence-corrected chi connectivity index (χ4v) is 4.82. The summed E-state index contributed by atoms with van der Waals surface area (Å²) in [5, 5.41) is 12.5. The van der Waals surface area contributed by atoms with E-state index in [2.05, 4.69) is 10.2 Å². The zero-order valence-corrected chi connectivity index (χ0v) is 20.1. The number of nitrogens with zero attached hydrogens (tertiary/aromatic N) is 2. The molecule has 1 saturated heterocycles. The summed E-state index contributed by atoms with van der Waals surface area (Å²) in [5.41, 5.74) is 3.41. The summed E-state index contributed by atoms with van der Waals surface area (Å²) in [5.74, 6) is -0.247. The first kappa shape index (κ1) is 24.0. The Morgan fingerprint density at radius 3 is 2.59 bits per heavy atom. The van der Waals surface area contributed by atoms with Gasteiger partial charge in [-0.15, -0.1) is 0 Å². The smallest absolute Gasteiger partial charge is 0.221 e. The molecule has 2 N–H and O–H groups in total. The summed E-state index contributed by atoms with van der Waals surface area (Å²) in [6, 6.07) is 9.28. The van der Waals surface area contributed by atoms with Crippen LogP contribution in [0.4, 0.5) is 10.1 Å². The van der Waals surface area contributed by atoms with Gasteiger partial charge in [0.25, 0.3) is 0 Å². The second-order valence-corrected chi connectivity index (χ2v) is 9.00. The molecule has 1 fully saturated rings. The molecular weight excluding hydrogens is 437 g/mol. The lowest BCUT2D eigenvalue weighted by Crippen LogP contribution is -2.27. The minimum atomic E-state index is -0.518. The third-order valence-corrected chi connectivity index (χ3v) is 6.77. The number of ether oxygens (including phenoxy) is 2. The number of fused-ring (bicyclic) bond motifs is 1. The van der Waals surface area contributed by atoms with Crippen molar-refractivity contribution in [3.05, 3.63) is 52.8 Å². The van der Waals surface area contributed by atoms with Crippen LogP contribution >= 0.6 is 0 Å². The van der Waals surface area contributed by atoms with Gasteiger partial charge in [0.1, 0.15) is 0 Å². The fourth-order valence-electron chi connectivity index (χ4n) is 4.82. The van der Waals surface area contributed by atoms with Gasteiger partial charge in [-0.1, -0.05) is 19.1 Å². The molecule has 2 heterocycles. The van der Waals surface area contributed by atoms with E-state index >= 15 is 4.39 Å². The van der Waals surface area contributed by atoms with Crippen LogP contribution in [0.2, 0.25) is 0 Å². The number of β-amino-alcohol motifs (C(OH)–C–C–N with tert-alkyl or cyclic N) is 1. The maximum Gasteiger partial charge on any atom is 0.221 e. The molecule has 1 amide bonds. The zero-order valence-electron chi connectivity index (χ0n) is 20.1. The van der Waals surface area contributed by atoms with Crippen molar-refractivity contribution < 1.29 is 23.8 Å². The van der Waals surface area contributed by atoms with Crippen molar-refractivity contribution in [3.63, 3.8) is 0 Å². The lowest BCUT2D eigenvalue weighted by molar-refractivity contribution is -0.121. The van der Waals surface area contributed by atoms with E-state index in [9.17, 15) is 9.90 Å². The lowest BCUT2D eigenvalue weighted by Gasteiger charge is -2.19. The lowest BCUT2D eigenvalue weighted by atomic mass is 9.90. The number of anilines is 1. The van der Waals surface area contributed by atoms with Gasteiger partial charge < -0.3 is 24.8 Å². The first-order valence-corrected chi connectivity index (χ1v) is 11.6. The number of carbonyl (C=O) groups is 1. The first-order chi connectivity index (χ1) is 16.4. The van der Waals surface area contributed by atoms with Crippen molar-refractivity contribution in [1.82, 2.24) is 5.32 Å². The van der Waals surface area contributed by atoms with Crippen molar-refractivity contribution in [2.24, 2.45) is 10.9 Å². The molecule has 2 aliphatic rings. The van der Waals surface area contributed by atoms with Gasteiger partial charge >= 0.3 is 0 Å². The minimum Gasteiger partial charge on any atom is -0.493 e. The van der Waals surface area contributed by atoms with E-state index in [1.807, 2.05) is 37.3 Å². The number of aliphatic imine (C=N–C) groups is 1. The van der Waals surface area contributed by atoms with Crippen LogP contribution < -0.4 is 19.7 Å². The monoisotopic (exact) mass is 469 g/mol. The Hall–Kier alpha value is -3.13. The molecule has 182 valence electrons. The standard InChI is InChI=1S/C26H32FN3O4/c1-15-11-17-12-21(33-3)26(34-4)24(27)23(17)25(29-20(15)13-22(32)28-2)16-5-7-18(8-6-16)30-10-9-19(31)14-30/h5-8,12,15,19-20,31H,9-11,13-14H2,1-4H3,(H,28,32). The van der Waals surface area contributed by atoms with Crippen LogP contribution in [0.15, 0.2) is 35.3 Å². The number of hydrogen-bond donors (Lipinski definition) is 2. The van der Waals surface area contributed by atoms with Gasteiger partial charge in [0, 0.05) is 43.4 Å². The average molecular weight is 470 g/mol. The third-order valence-electron chi connectivity index (χ3n) is 6.77. The maximum absolute atomic E-state index is 15.9. The van der Waals surface area contributed by atoms with E-state index < -0.39 is 5.82 Å². The van der Waals surface area contributed by atoms with Crippen LogP contribution in [0.1, 0.15) is 36.5 Å². The number of halogens is 1. The molecular formula is C26H32FN3O4. The van der Waals surface area contributed by atoms with Crippen molar-refractivity contribution in [1.29, 1.82) is 0 Å². The van der Waals surface area contributed by atoms with Crippen molar-refractivity contribution in [3.8, 4) is 11.5 Å². The summed E-state index contributed by atoms with van der Waals surface area (Å²) in [6.45, 7) is 3.42. The summed E-state index contributed by atoms with van der Waals surface area (Å²) in [4.78, 5) is 19.3. The van der Waals surface area contributed by atoms with E-state index in [0.717, 1.165) is 29.8 Å². The summed E-state index contributed by atoms with van der Waals surface area (Å²) < 4.78 is 26.6. The van der Waals surface area contributed by atoms with Gasteiger partial charge in [-0.2, -0.15) is 0 Å². The van der Waals surface area contributed by atoms with Crippen molar-refractivity contribution in [2.45, 2.75) is 38.3 Å². The third kappa shape index (κ3) is 4.59. The minimum absolute atomic E-state index is 0.0106. The SMILES string of the molecule is CNC(=O)CC1N=C(c2ccc(N3CCC(O)C3)cc2)c2c(cc(OC)c(OC)c2F)CC1C.